The second-order valence-corrected chi connectivity index (χ2v) is 4.13. The van der Waals surface area contributed by atoms with Gasteiger partial charge in [0.2, 0.25) is 5.91 Å². The number of pyridine rings is 1. The van der Waals surface area contributed by atoms with Crippen LogP contribution in [0.3, 0.4) is 0 Å². The van der Waals surface area contributed by atoms with Crippen molar-refractivity contribution in [2.24, 2.45) is 0 Å². The summed E-state index contributed by atoms with van der Waals surface area (Å²) in [5.41, 5.74) is 1.23. The molecule has 2 rings (SSSR count). The Morgan fingerprint density at radius 1 is 1.62 bits per heavy atom. The molecule has 16 heavy (non-hydrogen) atoms. The first kappa shape index (κ1) is 11.1. The highest BCUT2D eigenvalue weighted by Gasteiger charge is 2.26. The molecule has 1 amide bonds. The Balaban J connectivity index is 2.05. The molecule has 1 aliphatic heterocycles. The third kappa shape index (κ3) is 2.39. The SMILES string of the molecule is CNC(=O)C1CC(c2cccnc2)CCN1. The van der Waals surface area contributed by atoms with Gasteiger partial charge in [-0.05, 0) is 36.9 Å². The zero-order valence-corrected chi connectivity index (χ0v) is 9.44. The van der Waals surface area contributed by atoms with Crippen molar-refractivity contribution in [2.45, 2.75) is 24.8 Å². The fourth-order valence-corrected chi connectivity index (χ4v) is 2.21. The van der Waals surface area contributed by atoms with Gasteiger partial charge < -0.3 is 10.6 Å². The summed E-state index contributed by atoms with van der Waals surface area (Å²) in [6, 6.07) is 3.97. The third-order valence-electron chi connectivity index (χ3n) is 3.12. The van der Waals surface area contributed by atoms with Crippen LogP contribution < -0.4 is 10.6 Å². The maximum atomic E-state index is 11.6. The largest absolute Gasteiger partial charge is 0.358 e. The van der Waals surface area contributed by atoms with Crippen molar-refractivity contribution in [3.05, 3.63) is 30.1 Å². The molecule has 1 fully saturated rings. The molecule has 0 saturated carbocycles. The van der Waals surface area contributed by atoms with Gasteiger partial charge in [-0.2, -0.15) is 0 Å². The first-order valence-corrected chi connectivity index (χ1v) is 5.66. The average molecular weight is 219 g/mol. The Bertz CT molecular complexity index is 353. The van der Waals surface area contributed by atoms with Crippen LogP contribution in [0.15, 0.2) is 24.5 Å². The van der Waals surface area contributed by atoms with Crippen molar-refractivity contribution in [3.63, 3.8) is 0 Å². The van der Waals surface area contributed by atoms with Crippen molar-refractivity contribution in [2.75, 3.05) is 13.6 Å². The van der Waals surface area contributed by atoms with Crippen molar-refractivity contribution < 1.29 is 4.79 Å². The Kier molecular flexibility index (Phi) is 3.51. The zero-order chi connectivity index (χ0) is 11.4. The van der Waals surface area contributed by atoms with E-state index in [2.05, 4.69) is 21.7 Å². The number of carbonyl (C=O) groups excluding carboxylic acids is 1. The molecule has 1 aromatic heterocycles. The standard InChI is InChI=1S/C12H17N3O/c1-13-12(16)11-7-9(4-6-15-11)10-3-2-5-14-8-10/h2-3,5,8-9,11,15H,4,6-7H2,1H3,(H,13,16). The quantitative estimate of drug-likeness (QED) is 0.768. The van der Waals surface area contributed by atoms with Crippen LogP contribution in [0.2, 0.25) is 0 Å². The van der Waals surface area contributed by atoms with Gasteiger partial charge in [0.1, 0.15) is 0 Å². The monoisotopic (exact) mass is 219 g/mol. The first-order chi connectivity index (χ1) is 7.81. The molecule has 0 spiro atoms. The maximum Gasteiger partial charge on any atom is 0.236 e. The number of nitrogens with one attached hydrogen (secondary N) is 2. The third-order valence-corrected chi connectivity index (χ3v) is 3.12. The van der Waals surface area contributed by atoms with E-state index in [-0.39, 0.29) is 11.9 Å². The van der Waals surface area contributed by atoms with E-state index in [1.807, 2.05) is 12.3 Å². The van der Waals surface area contributed by atoms with Crippen molar-refractivity contribution in [3.8, 4) is 0 Å². The van der Waals surface area contributed by atoms with E-state index in [1.54, 1.807) is 13.2 Å². The van der Waals surface area contributed by atoms with Gasteiger partial charge in [0.15, 0.2) is 0 Å². The smallest absolute Gasteiger partial charge is 0.236 e. The summed E-state index contributed by atoms with van der Waals surface area (Å²) in [5, 5.41) is 5.93. The molecule has 2 atom stereocenters. The summed E-state index contributed by atoms with van der Waals surface area (Å²) in [5.74, 6) is 0.519. The Morgan fingerprint density at radius 2 is 2.50 bits per heavy atom. The average Bonchev–Trinajstić information content (AvgIpc) is 2.39. The molecule has 0 radical (unpaired) electrons. The van der Waals surface area contributed by atoms with Crippen molar-refractivity contribution >= 4 is 5.91 Å². The molecule has 0 aliphatic carbocycles. The number of nitrogens with zero attached hydrogens (tertiary/aromatic N) is 1. The molecular formula is C12H17N3O. The van der Waals surface area contributed by atoms with Gasteiger partial charge in [-0.25, -0.2) is 0 Å². The molecule has 0 bridgehead atoms. The zero-order valence-electron chi connectivity index (χ0n) is 9.44. The fraction of sp³-hybridized carbons (Fsp3) is 0.500. The lowest BCUT2D eigenvalue weighted by Crippen LogP contribution is -2.47. The van der Waals surface area contributed by atoms with E-state index in [1.165, 1.54) is 5.56 Å². The summed E-state index contributed by atoms with van der Waals surface area (Å²) in [7, 11) is 1.68. The van der Waals surface area contributed by atoms with Crippen LogP contribution in [-0.2, 0) is 4.79 Å². The van der Waals surface area contributed by atoms with Gasteiger partial charge in [0.25, 0.3) is 0 Å². The summed E-state index contributed by atoms with van der Waals surface area (Å²) >= 11 is 0. The molecular weight excluding hydrogens is 202 g/mol. The minimum absolute atomic E-state index is 0.0658. The molecule has 1 aliphatic rings. The number of likely N-dealkylation sites (N-methyl/N-ethyl adjacent to an activating group) is 1. The maximum absolute atomic E-state index is 11.6. The molecule has 4 nitrogen and oxygen atoms in total. The predicted octanol–water partition coefficient (Wildman–Crippen LogP) is 0.663. The normalized spacial score (nSPS) is 25.1. The van der Waals surface area contributed by atoms with E-state index in [0.717, 1.165) is 19.4 Å². The highest BCUT2D eigenvalue weighted by Crippen LogP contribution is 2.26. The molecule has 2 unspecified atom stereocenters. The second-order valence-electron chi connectivity index (χ2n) is 4.13. The van der Waals surface area contributed by atoms with E-state index < -0.39 is 0 Å². The lowest BCUT2D eigenvalue weighted by molar-refractivity contribution is -0.123. The van der Waals surface area contributed by atoms with Gasteiger partial charge in [0, 0.05) is 19.4 Å². The number of rotatable bonds is 2. The van der Waals surface area contributed by atoms with Crippen LogP contribution in [0, 0.1) is 0 Å². The highest BCUT2D eigenvalue weighted by molar-refractivity contribution is 5.81. The van der Waals surface area contributed by atoms with Crippen LogP contribution in [0.1, 0.15) is 24.3 Å². The summed E-state index contributed by atoms with van der Waals surface area (Å²) in [6.07, 6.45) is 5.60. The number of hydrogen-bond acceptors (Lipinski definition) is 3. The van der Waals surface area contributed by atoms with E-state index in [0.29, 0.717) is 5.92 Å². The van der Waals surface area contributed by atoms with Crippen LogP contribution in [0.4, 0.5) is 0 Å². The van der Waals surface area contributed by atoms with Gasteiger partial charge in [-0.3, -0.25) is 9.78 Å². The molecule has 86 valence electrons. The molecule has 1 saturated heterocycles. The molecule has 0 aromatic carbocycles. The summed E-state index contributed by atoms with van der Waals surface area (Å²) in [6.45, 7) is 0.887. The van der Waals surface area contributed by atoms with E-state index in [4.69, 9.17) is 0 Å². The van der Waals surface area contributed by atoms with Crippen LogP contribution >= 0.6 is 0 Å². The summed E-state index contributed by atoms with van der Waals surface area (Å²) < 4.78 is 0. The second kappa shape index (κ2) is 5.07. The van der Waals surface area contributed by atoms with Crippen LogP contribution in [0.5, 0.6) is 0 Å². The fourth-order valence-electron chi connectivity index (χ4n) is 2.21. The number of piperidine rings is 1. The number of carbonyl (C=O) groups is 1. The minimum Gasteiger partial charge on any atom is -0.358 e. The number of aromatic nitrogens is 1. The minimum atomic E-state index is -0.0658. The van der Waals surface area contributed by atoms with Crippen molar-refractivity contribution in [1.82, 2.24) is 15.6 Å². The highest BCUT2D eigenvalue weighted by atomic mass is 16.2. The van der Waals surface area contributed by atoms with Gasteiger partial charge in [-0.1, -0.05) is 6.07 Å². The molecule has 2 N–H and O–H groups in total. The molecule has 4 heteroatoms. The topological polar surface area (TPSA) is 54.0 Å². The van der Waals surface area contributed by atoms with E-state index in [9.17, 15) is 4.79 Å². The van der Waals surface area contributed by atoms with Gasteiger partial charge in [0.05, 0.1) is 6.04 Å². The number of amides is 1. The van der Waals surface area contributed by atoms with Gasteiger partial charge >= 0.3 is 0 Å². The number of hydrogen-bond donors (Lipinski definition) is 2. The van der Waals surface area contributed by atoms with Crippen LogP contribution in [-0.4, -0.2) is 30.5 Å². The van der Waals surface area contributed by atoms with E-state index >= 15 is 0 Å². The Labute approximate surface area is 95.5 Å². The molecule has 1 aromatic rings. The predicted molar refractivity (Wildman–Crippen MR) is 62.1 cm³/mol. The lowest BCUT2D eigenvalue weighted by Gasteiger charge is -2.29. The lowest BCUT2D eigenvalue weighted by atomic mass is 9.87. The first-order valence-electron chi connectivity index (χ1n) is 5.66. The molecule has 2 heterocycles. The Hall–Kier alpha value is -1.42. The van der Waals surface area contributed by atoms with Gasteiger partial charge in [-0.15, -0.1) is 0 Å². The van der Waals surface area contributed by atoms with Crippen molar-refractivity contribution in [1.29, 1.82) is 0 Å². The summed E-state index contributed by atoms with van der Waals surface area (Å²) in [4.78, 5) is 15.7. The van der Waals surface area contributed by atoms with Crippen LogP contribution in [0.25, 0.3) is 0 Å². The Morgan fingerprint density at radius 3 is 3.19 bits per heavy atom.